The van der Waals surface area contributed by atoms with Gasteiger partial charge in [0.25, 0.3) is 0 Å². The fourth-order valence-corrected chi connectivity index (χ4v) is 4.89. The molecule has 26 heavy (non-hydrogen) atoms. The maximum Gasteiger partial charge on any atom is 0.127 e. The van der Waals surface area contributed by atoms with Gasteiger partial charge in [-0.2, -0.15) is 0 Å². The van der Waals surface area contributed by atoms with Gasteiger partial charge in [0, 0.05) is 37.9 Å². The van der Waals surface area contributed by atoms with Gasteiger partial charge in [-0.25, -0.2) is 4.98 Å². The monoisotopic (exact) mass is 350 g/mol. The summed E-state index contributed by atoms with van der Waals surface area (Å²) >= 11 is 0. The van der Waals surface area contributed by atoms with E-state index in [1.807, 2.05) is 6.07 Å². The standard InChI is InChI=1S/C22H30N4/c23-21-20(9-4-12-24-21)16-26-14-6-11-22(18-26)10-5-13-25(17-22)15-19-7-2-1-3-8-19/h1-4,7-9,12H,5-6,10-11,13-18H2,(H2,23,24). The average molecular weight is 351 g/mol. The van der Waals surface area contributed by atoms with E-state index >= 15 is 0 Å². The molecule has 2 N–H and O–H groups in total. The van der Waals surface area contributed by atoms with Gasteiger partial charge in [0.1, 0.15) is 5.82 Å². The highest BCUT2D eigenvalue weighted by Gasteiger charge is 2.39. The first-order chi connectivity index (χ1) is 12.7. The van der Waals surface area contributed by atoms with E-state index < -0.39 is 0 Å². The summed E-state index contributed by atoms with van der Waals surface area (Å²) in [6.07, 6.45) is 7.10. The van der Waals surface area contributed by atoms with E-state index in [-0.39, 0.29) is 0 Å². The number of aromatic nitrogens is 1. The molecule has 0 amide bonds. The molecular formula is C22H30N4. The maximum absolute atomic E-state index is 6.07. The molecule has 1 spiro atoms. The molecule has 4 heteroatoms. The molecule has 0 radical (unpaired) electrons. The number of hydrogen-bond acceptors (Lipinski definition) is 4. The van der Waals surface area contributed by atoms with Gasteiger partial charge in [-0.3, -0.25) is 9.80 Å². The van der Waals surface area contributed by atoms with Crippen LogP contribution in [0, 0.1) is 5.41 Å². The Bertz CT molecular complexity index is 713. The van der Waals surface area contributed by atoms with Crippen molar-refractivity contribution in [2.24, 2.45) is 5.41 Å². The molecule has 1 aromatic carbocycles. The number of anilines is 1. The SMILES string of the molecule is Nc1ncccc1CN1CCCC2(CCCN(Cc3ccccc3)C2)C1. The third-order valence-corrected chi connectivity index (χ3v) is 6.05. The van der Waals surface area contributed by atoms with Crippen LogP contribution in [0.5, 0.6) is 0 Å². The van der Waals surface area contributed by atoms with Crippen molar-refractivity contribution < 1.29 is 0 Å². The minimum Gasteiger partial charge on any atom is -0.383 e. The van der Waals surface area contributed by atoms with Crippen LogP contribution < -0.4 is 5.73 Å². The number of benzene rings is 1. The number of nitrogen functional groups attached to an aromatic ring is 1. The summed E-state index contributed by atoms with van der Waals surface area (Å²) in [5.74, 6) is 0.682. The van der Waals surface area contributed by atoms with E-state index in [9.17, 15) is 0 Å². The van der Waals surface area contributed by atoms with E-state index in [1.165, 1.54) is 63.0 Å². The summed E-state index contributed by atoms with van der Waals surface area (Å²) in [5, 5.41) is 0. The Morgan fingerprint density at radius 3 is 2.27 bits per heavy atom. The highest BCUT2D eigenvalue weighted by Crippen LogP contribution is 2.39. The molecule has 1 unspecified atom stereocenters. The van der Waals surface area contributed by atoms with Gasteiger partial charge < -0.3 is 5.73 Å². The molecule has 4 nitrogen and oxygen atoms in total. The third kappa shape index (κ3) is 4.08. The molecule has 3 heterocycles. The van der Waals surface area contributed by atoms with Gasteiger partial charge in [-0.05, 0) is 55.8 Å². The molecule has 2 aromatic rings. The first kappa shape index (κ1) is 17.5. The van der Waals surface area contributed by atoms with Crippen molar-refractivity contribution in [3.05, 3.63) is 59.8 Å². The largest absolute Gasteiger partial charge is 0.383 e. The number of rotatable bonds is 4. The Hall–Kier alpha value is -1.91. The lowest BCUT2D eigenvalue weighted by Crippen LogP contribution is -2.51. The van der Waals surface area contributed by atoms with Gasteiger partial charge in [0.15, 0.2) is 0 Å². The second-order valence-electron chi connectivity index (χ2n) is 8.16. The Labute approximate surface area is 157 Å². The van der Waals surface area contributed by atoms with Crippen molar-refractivity contribution in [1.82, 2.24) is 14.8 Å². The number of nitrogens with zero attached hydrogens (tertiary/aromatic N) is 3. The lowest BCUT2D eigenvalue weighted by molar-refractivity contribution is 0.00779. The normalized spacial score (nSPS) is 24.8. The van der Waals surface area contributed by atoms with Crippen LogP contribution in [0.1, 0.15) is 36.8 Å². The summed E-state index contributed by atoms with van der Waals surface area (Å²) in [7, 11) is 0. The molecule has 1 atom stereocenters. The van der Waals surface area contributed by atoms with Crippen molar-refractivity contribution in [2.75, 3.05) is 31.9 Å². The second kappa shape index (κ2) is 7.77. The lowest BCUT2D eigenvalue weighted by atomic mass is 9.73. The Morgan fingerprint density at radius 2 is 1.58 bits per heavy atom. The highest BCUT2D eigenvalue weighted by atomic mass is 15.2. The quantitative estimate of drug-likeness (QED) is 0.916. The first-order valence-corrected chi connectivity index (χ1v) is 9.91. The van der Waals surface area contributed by atoms with Crippen LogP contribution in [0.4, 0.5) is 5.82 Å². The van der Waals surface area contributed by atoms with Crippen LogP contribution in [0.3, 0.4) is 0 Å². The summed E-state index contributed by atoms with van der Waals surface area (Å²) in [5.41, 5.74) is 9.12. The highest BCUT2D eigenvalue weighted by molar-refractivity contribution is 5.38. The van der Waals surface area contributed by atoms with Crippen LogP contribution in [-0.2, 0) is 13.1 Å². The van der Waals surface area contributed by atoms with E-state index in [0.29, 0.717) is 11.2 Å². The number of piperidine rings is 2. The van der Waals surface area contributed by atoms with E-state index in [0.717, 1.165) is 13.1 Å². The molecule has 0 bridgehead atoms. The summed E-state index contributed by atoms with van der Waals surface area (Å²) in [4.78, 5) is 9.52. The molecule has 4 rings (SSSR count). The van der Waals surface area contributed by atoms with Crippen LogP contribution in [-0.4, -0.2) is 41.0 Å². The van der Waals surface area contributed by atoms with E-state index in [2.05, 4.69) is 51.2 Å². The fourth-order valence-electron chi connectivity index (χ4n) is 4.89. The average Bonchev–Trinajstić information content (AvgIpc) is 2.65. The molecule has 2 aliphatic rings. The zero-order chi connectivity index (χ0) is 17.8. The molecule has 2 fully saturated rings. The van der Waals surface area contributed by atoms with Gasteiger partial charge >= 0.3 is 0 Å². The minimum atomic E-state index is 0.447. The Balaban J connectivity index is 1.41. The zero-order valence-corrected chi connectivity index (χ0v) is 15.6. The summed E-state index contributed by atoms with van der Waals surface area (Å²) in [6.45, 7) is 6.83. The van der Waals surface area contributed by atoms with Crippen LogP contribution in [0.2, 0.25) is 0 Å². The Morgan fingerprint density at radius 1 is 0.885 bits per heavy atom. The molecule has 0 saturated carbocycles. The number of hydrogen-bond donors (Lipinski definition) is 1. The second-order valence-corrected chi connectivity index (χ2v) is 8.16. The first-order valence-electron chi connectivity index (χ1n) is 9.91. The zero-order valence-electron chi connectivity index (χ0n) is 15.6. The summed E-state index contributed by atoms with van der Waals surface area (Å²) in [6, 6.07) is 15.0. The molecule has 1 aromatic heterocycles. The third-order valence-electron chi connectivity index (χ3n) is 6.05. The molecule has 138 valence electrons. The Kier molecular flexibility index (Phi) is 5.23. The van der Waals surface area contributed by atoms with Gasteiger partial charge in [-0.1, -0.05) is 36.4 Å². The molecule has 0 aliphatic carbocycles. The number of likely N-dealkylation sites (tertiary alicyclic amines) is 2. The number of pyridine rings is 1. The van der Waals surface area contributed by atoms with Gasteiger partial charge in [0.05, 0.1) is 0 Å². The van der Waals surface area contributed by atoms with Crippen LogP contribution in [0.15, 0.2) is 48.7 Å². The topological polar surface area (TPSA) is 45.4 Å². The van der Waals surface area contributed by atoms with Crippen LogP contribution >= 0.6 is 0 Å². The van der Waals surface area contributed by atoms with Crippen molar-refractivity contribution in [3.63, 3.8) is 0 Å². The number of nitrogens with two attached hydrogens (primary N) is 1. The maximum atomic E-state index is 6.07. The minimum absolute atomic E-state index is 0.447. The van der Waals surface area contributed by atoms with E-state index in [4.69, 9.17) is 5.73 Å². The molecule has 2 aliphatic heterocycles. The fraction of sp³-hybridized carbons (Fsp3) is 0.500. The predicted octanol–water partition coefficient (Wildman–Crippen LogP) is 3.54. The lowest BCUT2D eigenvalue weighted by Gasteiger charge is -2.48. The predicted molar refractivity (Wildman–Crippen MR) is 107 cm³/mol. The smallest absolute Gasteiger partial charge is 0.127 e. The molecular weight excluding hydrogens is 320 g/mol. The van der Waals surface area contributed by atoms with Crippen molar-refractivity contribution in [3.8, 4) is 0 Å². The summed E-state index contributed by atoms with van der Waals surface area (Å²) < 4.78 is 0. The van der Waals surface area contributed by atoms with Crippen molar-refractivity contribution in [1.29, 1.82) is 0 Å². The van der Waals surface area contributed by atoms with Crippen molar-refractivity contribution in [2.45, 2.75) is 38.8 Å². The molecule has 2 saturated heterocycles. The van der Waals surface area contributed by atoms with Gasteiger partial charge in [-0.15, -0.1) is 0 Å². The van der Waals surface area contributed by atoms with Crippen LogP contribution in [0.25, 0.3) is 0 Å². The van der Waals surface area contributed by atoms with Crippen molar-refractivity contribution >= 4 is 5.82 Å². The van der Waals surface area contributed by atoms with E-state index in [1.54, 1.807) is 6.20 Å². The van der Waals surface area contributed by atoms with Gasteiger partial charge in [0.2, 0.25) is 0 Å².